The fourth-order valence-corrected chi connectivity index (χ4v) is 4.91. The standard InChI is InChI=1S/C13H19N7O3S2.ClH/c1-18(2)3-4-19-13(15-16-17-19)25-6-7-5-24-11-8(14)10(21)20(11)9(7)12(22)23;/h8,11H,3-6,14H2,1-2H3,(H,22,23);1H/t8-,11-;/m1./s1. The van der Waals surface area contributed by atoms with Crippen LogP contribution in [0, 0.1) is 0 Å². The number of thioether (sulfide) groups is 2. The summed E-state index contributed by atoms with van der Waals surface area (Å²) in [5.74, 6) is -0.514. The quantitative estimate of drug-likeness (QED) is 0.431. The lowest BCUT2D eigenvalue weighted by Crippen LogP contribution is -2.68. The second-order valence-corrected chi connectivity index (χ2v) is 8.02. The van der Waals surface area contributed by atoms with Gasteiger partial charge in [0.25, 0.3) is 0 Å². The SMILES string of the molecule is CN(C)CCn1nnnc1SCC1=C(C(=O)O)N2C(=O)[C@@H](N)[C@H]2SC1.Cl. The van der Waals surface area contributed by atoms with Crippen molar-refractivity contribution in [3.05, 3.63) is 11.3 Å². The molecule has 3 rings (SSSR count). The third-order valence-corrected chi connectivity index (χ3v) is 6.33. The third-order valence-electron chi connectivity index (χ3n) is 3.92. The van der Waals surface area contributed by atoms with Gasteiger partial charge in [-0.2, -0.15) is 0 Å². The lowest BCUT2D eigenvalue weighted by molar-refractivity contribution is -0.147. The molecule has 2 aliphatic rings. The molecule has 0 unspecified atom stereocenters. The van der Waals surface area contributed by atoms with Crippen LogP contribution in [0.3, 0.4) is 0 Å². The Morgan fingerprint density at radius 2 is 2.23 bits per heavy atom. The predicted molar refractivity (Wildman–Crippen MR) is 100 cm³/mol. The van der Waals surface area contributed by atoms with E-state index >= 15 is 0 Å². The smallest absolute Gasteiger partial charge is 0.352 e. The minimum absolute atomic E-state index is 0. The monoisotopic (exact) mass is 421 g/mol. The molecule has 26 heavy (non-hydrogen) atoms. The van der Waals surface area contributed by atoms with Crippen LogP contribution >= 0.6 is 35.9 Å². The molecule has 0 aliphatic carbocycles. The molecule has 0 radical (unpaired) electrons. The number of hydrogen-bond acceptors (Lipinski definition) is 9. The molecule has 1 amide bonds. The van der Waals surface area contributed by atoms with Gasteiger partial charge in [0.15, 0.2) is 0 Å². The topological polar surface area (TPSA) is 130 Å². The van der Waals surface area contributed by atoms with Crippen LogP contribution in [0.15, 0.2) is 16.4 Å². The number of fused-ring (bicyclic) bond motifs is 1. The van der Waals surface area contributed by atoms with E-state index < -0.39 is 12.0 Å². The van der Waals surface area contributed by atoms with Gasteiger partial charge in [-0.05, 0) is 30.1 Å². The molecule has 2 atom stereocenters. The molecule has 0 spiro atoms. The van der Waals surface area contributed by atoms with Gasteiger partial charge in [0.05, 0.1) is 6.54 Å². The zero-order valence-electron chi connectivity index (χ0n) is 14.2. The maximum absolute atomic E-state index is 11.9. The number of tetrazole rings is 1. The third kappa shape index (κ3) is 3.98. The number of aliphatic carboxylic acids is 1. The van der Waals surface area contributed by atoms with Crippen molar-refractivity contribution < 1.29 is 14.7 Å². The van der Waals surface area contributed by atoms with Crippen LogP contribution in [0.1, 0.15) is 0 Å². The van der Waals surface area contributed by atoms with Crippen molar-refractivity contribution in [1.82, 2.24) is 30.0 Å². The van der Waals surface area contributed by atoms with Crippen LogP contribution < -0.4 is 5.73 Å². The molecule has 1 fully saturated rings. The number of nitrogens with two attached hydrogens (primary N) is 1. The number of likely N-dealkylation sites (N-methyl/N-ethyl adjacent to an activating group) is 1. The van der Waals surface area contributed by atoms with Gasteiger partial charge in [-0.25, -0.2) is 9.48 Å². The summed E-state index contributed by atoms with van der Waals surface area (Å²) >= 11 is 2.86. The van der Waals surface area contributed by atoms with Gasteiger partial charge in [-0.15, -0.1) is 29.3 Å². The van der Waals surface area contributed by atoms with E-state index in [4.69, 9.17) is 5.73 Å². The highest BCUT2D eigenvalue weighted by Crippen LogP contribution is 2.40. The number of amides is 1. The number of carbonyl (C=O) groups is 2. The maximum atomic E-state index is 11.9. The van der Waals surface area contributed by atoms with Crippen molar-refractivity contribution in [2.24, 2.45) is 5.73 Å². The minimum Gasteiger partial charge on any atom is -0.477 e. The van der Waals surface area contributed by atoms with Gasteiger partial charge in [-0.1, -0.05) is 11.8 Å². The van der Waals surface area contributed by atoms with Crippen molar-refractivity contribution in [2.75, 3.05) is 32.1 Å². The molecule has 13 heteroatoms. The molecule has 1 aromatic rings. The van der Waals surface area contributed by atoms with Crippen molar-refractivity contribution in [2.45, 2.75) is 23.1 Å². The Bertz CT molecular complexity index is 726. The van der Waals surface area contributed by atoms with Crippen molar-refractivity contribution in [3.63, 3.8) is 0 Å². The number of halogens is 1. The molecule has 2 aliphatic heterocycles. The Morgan fingerprint density at radius 1 is 1.50 bits per heavy atom. The molecule has 3 N–H and O–H groups in total. The molecule has 144 valence electrons. The average molecular weight is 422 g/mol. The molecule has 1 aromatic heterocycles. The van der Waals surface area contributed by atoms with Crippen LogP contribution in [0.2, 0.25) is 0 Å². The van der Waals surface area contributed by atoms with Crippen LogP contribution in [0.4, 0.5) is 0 Å². The van der Waals surface area contributed by atoms with Crippen LogP contribution in [-0.4, -0.2) is 90.6 Å². The minimum atomic E-state index is -1.10. The van der Waals surface area contributed by atoms with Crippen molar-refractivity contribution in [1.29, 1.82) is 0 Å². The van der Waals surface area contributed by atoms with E-state index in [1.165, 1.54) is 28.4 Å². The first-order valence-corrected chi connectivity index (χ1v) is 9.63. The van der Waals surface area contributed by atoms with E-state index in [1.807, 2.05) is 19.0 Å². The summed E-state index contributed by atoms with van der Waals surface area (Å²) in [5.41, 5.74) is 6.48. The number of carboxylic acid groups (broad SMARTS) is 1. The molecule has 0 bridgehead atoms. The van der Waals surface area contributed by atoms with E-state index in [-0.39, 0.29) is 29.4 Å². The number of carbonyl (C=O) groups excluding carboxylic acids is 1. The summed E-state index contributed by atoms with van der Waals surface area (Å²) < 4.78 is 1.69. The van der Waals surface area contributed by atoms with E-state index in [1.54, 1.807) is 4.68 Å². The molecule has 3 heterocycles. The Balaban J connectivity index is 0.00000243. The van der Waals surface area contributed by atoms with Crippen molar-refractivity contribution in [3.8, 4) is 0 Å². The summed E-state index contributed by atoms with van der Waals surface area (Å²) in [4.78, 5) is 26.9. The van der Waals surface area contributed by atoms with E-state index in [0.717, 1.165) is 6.54 Å². The van der Waals surface area contributed by atoms with Crippen LogP contribution in [0.5, 0.6) is 0 Å². The highest BCUT2D eigenvalue weighted by atomic mass is 35.5. The van der Waals surface area contributed by atoms with Crippen LogP contribution in [-0.2, 0) is 16.1 Å². The number of β-lactam (4-membered cyclic amide) rings is 1. The summed E-state index contributed by atoms with van der Waals surface area (Å²) in [7, 11) is 3.93. The van der Waals surface area contributed by atoms with Gasteiger partial charge in [0.1, 0.15) is 17.1 Å². The van der Waals surface area contributed by atoms with Gasteiger partial charge in [-0.3, -0.25) is 9.69 Å². The molecule has 10 nitrogen and oxygen atoms in total. The Hall–Kier alpha value is -1.34. The second-order valence-electron chi connectivity index (χ2n) is 5.97. The number of nitrogens with zero attached hydrogens (tertiary/aromatic N) is 6. The largest absolute Gasteiger partial charge is 0.477 e. The van der Waals surface area contributed by atoms with Gasteiger partial charge in [0.2, 0.25) is 11.1 Å². The number of carboxylic acids is 1. The predicted octanol–water partition coefficient (Wildman–Crippen LogP) is -0.670. The summed E-state index contributed by atoms with van der Waals surface area (Å²) in [6.45, 7) is 1.43. The average Bonchev–Trinajstić information content (AvgIpc) is 3.03. The van der Waals surface area contributed by atoms with Gasteiger partial charge < -0.3 is 15.7 Å². The van der Waals surface area contributed by atoms with Gasteiger partial charge >= 0.3 is 5.97 Å². The summed E-state index contributed by atoms with van der Waals surface area (Å²) in [5, 5.41) is 21.5. The van der Waals surface area contributed by atoms with Gasteiger partial charge in [0, 0.05) is 18.1 Å². The van der Waals surface area contributed by atoms with Crippen molar-refractivity contribution >= 4 is 47.8 Å². The molecule has 0 aromatic carbocycles. The van der Waals surface area contributed by atoms with E-state index in [9.17, 15) is 14.7 Å². The number of aromatic nitrogens is 4. The number of hydrogen-bond donors (Lipinski definition) is 2. The molecule has 0 saturated carbocycles. The lowest BCUT2D eigenvalue weighted by Gasteiger charge is -2.48. The molecule has 1 saturated heterocycles. The highest BCUT2D eigenvalue weighted by molar-refractivity contribution is 8.01. The first-order chi connectivity index (χ1) is 11.9. The van der Waals surface area contributed by atoms with E-state index in [0.29, 0.717) is 28.8 Å². The first-order valence-electron chi connectivity index (χ1n) is 7.59. The fraction of sp³-hybridized carbons (Fsp3) is 0.615. The Kier molecular flexibility index (Phi) is 6.91. The first kappa shape index (κ1) is 21.0. The second kappa shape index (κ2) is 8.57. The normalized spacial score (nSPS) is 22.2. The zero-order chi connectivity index (χ0) is 18.1. The Labute approximate surface area is 164 Å². The van der Waals surface area contributed by atoms with E-state index in [2.05, 4.69) is 15.5 Å². The lowest BCUT2D eigenvalue weighted by atomic mass is 10.0. The maximum Gasteiger partial charge on any atom is 0.352 e. The Morgan fingerprint density at radius 3 is 2.88 bits per heavy atom. The summed E-state index contributed by atoms with van der Waals surface area (Å²) in [6, 6.07) is -0.619. The number of rotatable bonds is 7. The molecular weight excluding hydrogens is 402 g/mol. The molecular formula is C13H20ClN7O3S2. The van der Waals surface area contributed by atoms with Crippen LogP contribution in [0.25, 0.3) is 0 Å². The zero-order valence-corrected chi connectivity index (χ0v) is 16.7. The fourth-order valence-electron chi connectivity index (χ4n) is 2.58. The summed E-state index contributed by atoms with van der Waals surface area (Å²) in [6.07, 6.45) is 0. The highest BCUT2D eigenvalue weighted by Gasteiger charge is 2.51.